The summed E-state index contributed by atoms with van der Waals surface area (Å²) in [4.78, 5) is 0. The minimum Gasteiger partial charge on any atom is -0.507 e. The van der Waals surface area contributed by atoms with Crippen LogP contribution in [0.2, 0.25) is 0 Å². The molecule has 0 saturated heterocycles. The third kappa shape index (κ3) is 1.79. The Kier molecular flexibility index (Phi) is 2.82. The monoisotopic (exact) mass is 207 g/mol. The lowest BCUT2D eigenvalue weighted by Gasteiger charge is -2.32. The predicted molar refractivity (Wildman–Crippen MR) is 58.9 cm³/mol. The van der Waals surface area contributed by atoms with Crippen molar-refractivity contribution in [2.24, 2.45) is 11.7 Å². The summed E-state index contributed by atoms with van der Waals surface area (Å²) in [5.41, 5.74) is 6.89. The summed E-state index contributed by atoms with van der Waals surface area (Å²) in [5, 5.41) is 9.80. The van der Waals surface area contributed by atoms with Crippen LogP contribution in [0.25, 0.3) is 0 Å². The van der Waals surface area contributed by atoms with E-state index in [4.69, 9.17) is 10.5 Å². The molecule has 1 aliphatic rings. The number of ether oxygens (including phenoxy) is 1. The number of benzene rings is 1. The number of hydrogen-bond acceptors (Lipinski definition) is 3. The van der Waals surface area contributed by atoms with Gasteiger partial charge in [0.25, 0.3) is 0 Å². The smallest absolute Gasteiger partial charge is 0.127 e. The van der Waals surface area contributed by atoms with Crippen LogP contribution < -0.4 is 10.5 Å². The van der Waals surface area contributed by atoms with Gasteiger partial charge in [0.2, 0.25) is 0 Å². The van der Waals surface area contributed by atoms with Gasteiger partial charge in [-0.25, -0.2) is 0 Å². The summed E-state index contributed by atoms with van der Waals surface area (Å²) in [6.45, 7) is 0. The molecule has 1 fully saturated rings. The topological polar surface area (TPSA) is 55.5 Å². The van der Waals surface area contributed by atoms with E-state index in [1.807, 2.05) is 6.07 Å². The molecule has 0 unspecified atom stereocenters. The van der Waals surface area contributed by atoms with E-state index in [-0.39, 0.29) is 11.8 Å². The standard InChI is InChI=1S/C12H17NO2/c1-15-10-7-3-6-9(14)11(10)12(13)8-4-2-5-8/h3,6-8,12,14H,2,4-5,13H2,1H3/t12-/m1/s1. The lowest BCUT2D eigenvalue weighted by molar-refractivity contribution is 0.255. The molecule has 82 valence electrons. The van der Waals surface area contributed by atoms with E-state index >= 15 is 0 Å². The van der Waals surface area contributed by atoms with Gasteiger partial charge in [0.15, 0.2) is 0 Å². The Morgan fingerprint density at radius 3 is 2.73 bits per heavy atom. The molecule has 3 nitrogen and oxygen atoms in total. The third-order valence-electron chi connectivity index (χ3n) is 3.25. The van der Waals surface area contributed by atoms with Crippen molar-refractivity contribution >= 4 is 0 Å². The molecule has 3 heteroatoms. The first kappa shape index (κ1) is 10.3. The third-order valence-corrected chi connectivity index (χ3v) is 3.25. The summed E-state index contributed by atoms with van der Waals surface area (Å²) in [5.74, 6) is 1.43. The van der Waals surface area contributed by atoms with Crippen molar-refractivity contribution in [3.63, 3.8) is 0 Å². The average Bonchev–Trinajstić information content (AvgIpc) is 2.14. The summed E-state index contributed by atoms with van der Waals surface area (Å²) in [6, 6.07) is 5.17. The van der Waals surface area contributed by atoms with Gasteiger partial charge in [-0.3, -0.25) is 0 Å². The van der Waals surface area contributed by atoms with E-state index in [1.54, 1.807) is 19.2 Å². The highest BCUT2D eigenvalue weighted by molar-refractivity contribution is 5.46. The normalized spacial score (nSPS) is 18.3. The zero-order chi connectivity index (χ0) is 10.8. The Balaban J connectivity index is 2.31. The highest BCUT2D eigenvalue weighted by Gasteiger charge is 2.29. The second kappa shape index (κ2) is 4.11. The first-order valence-electron chi connectivity index (χ1n) is 5.35. The first-order valence-corrected chi connectivity index (χ1v) is 5.35. The van der Waals surface area contributed by atoms with Crippen molar-refractivity contribution in [3.8, 4) is 11.5 Å². The van der Waals surface area contributed by atoms with E-state index in [0.29, 0.717) is 11.7 Å². The van der Waals surface area contributed by atoms with Crippen LogP contribution in [-0.2, 0) is 0 Å². The van der Waals surface area contributed by atoms with Gasteiger partial charge in [-0.15, -0.1) is 0 Å². The van der Waals surface area contributed by atoms with Gasteiger partial charge in [-0.1, -0.05) is 12.5 Å². The van der Waals surface area contributed by atoms with E-state index in [9.17, 15) is 5.11 Å². The minimum atomic E-state index is -0.102. The lowest BCUT2D eigenvalue weighted by Crippen LogP contribution is -2.27. The molecule has 1 aliphatic carbocycles. The molecule has 0 bridgehead atoms. The molecule has 1 aromatic rings. The Labute approximate surface area is 89.9 Å². The van der Waals surface area contributed by atoms with Crippen molar-refractivity contribution in [2.45, 2.75) is 25.3 Å². The van der Waals surface area contributed by atoms with Gasteiger partial charge in [0.05, 0.1) is 12.7 Å². The molecule has 0 amide bonds. The van der Waals surface area contributed by atoms with Gasteiger partial charge in [0, 0.05) is 6.04 Å². The number of phenolic OH excluding ortho intramolecular Hbond substituents is 1. The highest BCUT2D eigenvalue weighted by Crippen LogP contribution is 2.42. The van der Waals surface area contributed by atoms with Gasteiger partial charge in [0.1, 0.15) is 11.5 Å². The fourth-order valence-corrected chi connectivity index (χ4v) is 2.08. The summed E-state index contributed by atoms with van der Waals surface area (Å²) in [6.07, 6.45) is 3.55. The zero-order valence-electron chi connectivity index (χ0n) is 8.94. The predicted octanol–water partition coefficient (Wildman–Crippen LogP) is 2.20. The summed E-state index contributed by atoms with van der Waals surface area (Å²) >= 11 is 0. The Morgan fingerprint density at radius 1 is 1.47 bits per heavy atom. The number of phenols is 1. The van der Waals surface area contributed by atoms with Crippen LogP contribution >= 0.6 is 0 Å². The first-order chi connectivity index (χ1) is 7.24. The molecule has 1 saturated carbocycles. The molecule has 0 aromatic heterocycles. The molecule has 1 aromatic carbocycles. The largest absolute Gasteiger partial charge is 0.507 e. The fourth-order valence-electron chi connectivity index (χ4n) is 2.08. The van der Waals surface area contributed by atoms with Crippen molar-refractivity contribution in [3.05, 3.63) is 23.8 Å². The van der Waals surface area contributed by atoms with Crippen LogP contribution in [-0.4, -0.2) is 12.2 Å². The molecule has 2 rings (SSSR count). The maximum atomic E-state index is 9.80. The van der Waals surface area contributed by atoms with Crippen molar-refractivity contribution in [1.29, 1.82) is 0 Å². The van der Waals surface area contributed by atoms with Crippen LogP contribution in [0.4, 0.5) is 0 Å². The molecule has 0 heterocycles. The van der Waals surface area contributed by atoms with Gasteiger partial charge < -0.3 is 15.6 Å². The van der Waals surface area contributed by atoms with Gasteiger partial charge in [-0.2, -0.15) is 0 Å². The van der Waals surface area contributed by atoms with Crippen LogP contribution in [0.15, 0.2) is 18.2 Å². The van der Waals surface area contributed by atoms with Gasteiger partial charge >= 0.3 is 0 Å². The maximum Gasteiger partial charge on any atom is 0.127 e. The van der Waals surface area contributed by atoms with Gasteiger partial charge in [-0.05, 0) is 30.9 Å². The van der Waals surface area contributed by atoms with Crippen LogP contribution in [0.5, 0.6) is 11.5 Å². The van der Waals surface area contributed by atoms with Crippen molar-refractivity contribution in [2.75, 3.05) is 7.11 Å². The van der Waals surface area contributed by atoms with E-state index in [1.165, 1.54) is 6.42 Å². The number of methoxy groups -OCH3 is 1. The molecular weight excluding hydrogens is 190 g/mol. The molecular formula is C12H17NO2. The zero-order valence-corrected chi connectivity index (χ0v) is 8.94. The summed E-state index contributed by atoms with van der Waals surface area (Å²) in [7, 11) is 1.60. The molecule has 0 radical (unpaired) electrons. The molecule has 1 atom stereocenters. The SMILES string of the molecule is COc1cccc(O)c1[C@H](N)C1CCC1. The second-order valence-electron chi connectivity index (χ2n) is 4.11. The van der Waals surface area contributed by atoms with E-state index in [0.717, 1.165) is 18.4 Å². The number of nitrogens with two attached hydrogens (primary N) is 1. The Morgan fingerprint density at radius 2 is 2.20 bits per heavy atom. The Hall–Kier alpha value is -1.22. The van der Waals surface area contributed by atoms with Crippen molar-refractivity contribution < 1.29 is 9.84 Å². The second-order valence-corrected chi connectivity index (χ2v) is 4.11. The van der Waals surface area contributed by atoms with Crippen LogP contribution in [0, 0.1) is 5.92 Å². The maximum absolute atomic E-state index is 9.80. The highest BCUT2D eigenvalue weighted by atomic mass is 16.5. The van der Waals surface area contributed by atoms with Crippen LogP contribution in [0.1, 0.15) is 30.9 Å². The van der Waals surface area contributed by atoms with E-state index in [2.05, 4.69) is 0 Å². The molecule has 3 N–H and O–H groups in total. The van der Waals surface area contributed by atoms with Crippen LogP contribution in [0.3, 0.4) is 0 Å². The summed E-state index contributed by atoms with van der Waals surface area (Å²) < 4.78 is 5.23. The van der Waals surface area contributed by atoms with Crippen molar-refractivity contribution in [1.82, 2.24) is 0 Å². The quantitative estimate of drug-likeness (QED) is 0.798. The molecule has 0 aliphatic heterocycles. The minimum absolute atomic E-state index is 0.102. The lowest BCUT2D eigenvalue weighted by atomic mass is 9.77. The molecule has 0 spiro atoms. The fraction of sp³-hybridized carbons (Fsp3) is 0.500. The molecule has 15 heavy (non-hydrogen) atoms. The number of hydrogen-bond donors (Lipinski definition) is 2. The number of rotatable bonds is 3. The average molecular weight is 207 g/mol. The number of aromatic hydroxyl groups is 1. The van der Waals surface area contributed by atoms with E-state index < -0.39 is 0 Å². The Bertz CT molecular complexity index is 347.